The molecule has 0 unspecified atom stereocenters. The minimum absolute atomic E-state index is 0.0198. The van der Waals surface area contributed by atoms with Gasteiger partial charge >= 0.3 is 0 Å². The van der Waals surface area contributed by atoms with Crippen LogP contribution in [0.5, 0.6) is 11.5 Å². The Morgan fingerprint density at radius 1 is 0.939 bits per heavy atom. The molecule has 4 nitrogen and oxygen atoms in total. The Bertz CT molecular complexity index is 1280. The zero-order chi connectivity index (χ0) is 23.4. The van der Waals surface area contributed by atoms with E-state index in [1.807, 2.05) is 31.4 Å². The fourth-order valence-electron chi connectivity index (χ4n) is 3.38. The number of aryl methyl sites for hydroxylation is 1. The molecule has 2 heterocycles. The van der Waals surface area contributed by atoms with E-state index in [0.29, 0.717) is 36.5 Å². The number of pyridine rings is 1. The predicted octanol–water partition coefficient (Wildman–Crippen LogP) is 7.23. The molecule has 2 aromatic carbocycles. The van der Waals surface area contributed by atoms with Gasteiger partial charge in [-0.1, -0.05) is 11.6 Å². The highest BCUT2D eigenvalue weighted by Crippen LogP contribution is 2.35. The number of halogens is 3. The Morgan fingerprint density at radius 3 is 2.36 bits per heavy atom. The van der Waals surface area contributed by atoms with Crippen LogP contribution in [0.1, 0.15) is 29.2 Å². The molecule has 33 heavy (non-hydrogen) atoms. The summed E-state index contributed by atoms with van der Waals surface area (Å²) in [6, 6.07) is 8.88. The Kier molecular flexibility index (Phi) is 7.42. The Morgan fingerprint density at radius 2 is 1.67 bits per heavy atom. The van der Waals surface area contributed by atoms with E-state index in [0.717, 1.165) is 32.8 Å². The van der Waals surface area contributed by atoms with Crippen LogP contribution >= 0.6 is 22.9 Å². The molecule has 8 heteroatoms. The maximum atomic E-state index is 13.9. The lowest BCUT2D eigenvalue weighted by Crippen LogP contribution is -2.00. The fraction of sp³-hybridized carbons (Fsp3) is 0.240. The zero-order valence-electron chi connectivity index (χ0n) is 18.2. The van der Waals surface area contributed by atoms with Gasteiger partial charge in [0.25, 0.3) is 0 Å². The van der Waals surface area contributed by atoms with E-state index in [4.69, 9.17) is 25.8 Å². The molecule has 0 saturated heterocycles. The van der Waals surface area contributed by atoms with Crippen LogP contribution in [0, 0.1) is 18.6 Å². The van der Waals surface area contributed by atoms with Crippen molar-refractivity contribution in [2.75, 3.05) is 6.61 Å². The normalized spacial score (nSPS) is 11.2. The molecule has 4 aromatic rings. The van der Waals surface area contributed by atoms with Crippen molar-refractivity contribution in [3.63, 3.8) is 0 Å². The molecule has 0 N–H and O–H groups in total. The molecule has 172 valence electrons. The smallest absolute Gasteiger partial charge is 0.138 e. The third-order valence-corrected chi connectivity index (χ3v) is 6.38. The molecule has 0 fully saturated rings. The summed E-state index contributed by atoms with van der Waals surface area (Å²) in [6.07, 6.45) is 1.75. The average molecular weight is 490 g/mol. The molecule has 4 rings (SSSR count). The van der Waals surface area contributed by atoms with Gasteiger partial charge in [0, 0.05) is 51.7 Å². The first-order chi connectivity index (χ1) is 15.9. The van der Waals surface area contributed by atoms with Crippen LogP contribution in [0.3, 0.4) is 0 Å². The number of ether oxygens (including phenoxy) is 3. The summed E-state index contributed by atoms with van der Waals surface area (Å²) in [5.74, 6) is -0.123. The number of rotatable bonds is 9. The van der Waals surface area contributed by atoms with Crippen molar-refractivity contribution in [1.29, 1.82) is 0 Å². The second kappa shape index (κ2) is 10.5. The summed E-state index contributed by atoms with van der Waals surface area (Å²) < 4.78 is 45.3. The van der Waals surface area contributed by atoms with Crippen molar-refractivity contribution in [1.82, 2.24) is 4.98 Å². The number of hydrogen-bond acceptors (Lipinski definition) is 5. The van der Waals surface area contributed by atoms with Crippen molar-refractivity contribution >= 4 is 33.0 Å². The van der Waals surface area contributed by atoms with Crippen LogP contribution in [0.2, 0.25) is 5.15 Å². The van der Waals surface area contributed by atoms with Gasteiger partial charge in [-0.15, -0.1) is 11.3 Å². The predicted molar refractivity (Wildman–Crippen MR) is 126 cm³/mol. The number of benzene rings is 2. The van der Waals surface area contributed by atoms with Crippen LogP contribution in [-0.4, -0.2) is 11.6 Å². The fourth-order valence-corrected chi connectivity index (χ4v) is 4.75. The van der Waals surface area contributed by atoms with Crippen LogP contribution in [0.4, 0.5) is 8.78 Å². The molecule has 2 aromatic heterocycles. The van der Waals surface area contributed by atoms with Gasteiger partial charge in [-0.05, 0) is 49.1 Å². The largest absolute Gasteiger partial charge is 0.489 e. The number of thiophene rings is 1. The lowest BCUT2D eigenvalue weighted by Gasteiger charge is -2.12. The van der Waals surface area contributed by atoms with E-state index < -0.39 is 11.6 Å². The standard InChI is InChI=1S/C25H22ClF2NO3S/c1-3-30-11-17-10-29-25(26)23-18(14-33-24(17)23)13-32-21-7-15(2)6-20(9-21)31-12-16-4-5-19(27)8-22(16)28/h4-10,14H,3,11-13H2,1-2H3. The monoisotopic (exact) mass is 489 g/mol. The summed E-state index contributed by atoms with van der Waals surface area (Å²) in [6.45, 7) is 5.24. The van der Waals surface area contributed by atoms with Crippen molar-refractivity contribution in [2.24, 2.45) is 0 Å². The van der Waals surface area contributed by atoms with Crippen LogP contribution in [0.25, 0.3) is 10.1 Å². The summed E-state index contributed by atoms with van der Waals surface area (Å²) in [5.41, 5.74) is 3.13. The van der Waals surface area contributed by atoms with Gasteiger partial charge in [0.1, 0.15) is 41.5 Å². The third kappa shape index (κ3) is 5.61. The number of hydrogen-bond donors (Lipinski definition) is 0. The molecule has 0 atom stereocenters. The molecule has 0 aliphatic rings. The molecular weight excluding hydrogens is 468 g/mol. The van der Waals surface area contributed by atoms with Gasteiger partial charge in [0.05, 0.1) is 6.61 Å². The van der Waals surface area contributed by atoms with Gasteiger partial charge < -0.3 is 14.2 Å². The second-order valence-electron chi connectivity index (χ2n) is 7.47. The van der Waals surface area contributed by atoms with Crippen molar-refractivity contribution in [3.8, 4) is 11.5 Å². The van der Waals surface area contributed by atoms with Gasteiger partial charge in [0.15, 0.2) is 0 Å². The SMILES string of the molecule is CCOCc1cnc(Cl)c2c(COc3cc(C)cc(OCc4ccc(F)cc4F)c3)csc12. The lowest BCUT2D eigenvalue weighted by atomic mass is 10.2. The van der Waals surface area contributed by atoms with Gasteiger partial charge in [-0.3, -0.25) is 0 Å². The molecule has 0 radical (unpaired) electrons. The van der Waals surface area contributed by atoms with E-state index in [2.05, 4.69) is 4.98 Å². The lowest BCUT2D eigenvalue weighted by molar-refractivity contribution is 0.135. The molecule has 0 amide bonds. The molecule has 0 saturated carbocycles. The van der Waals surface area contributed by atoms with E-state index in [1.165, 1.54) is 12.1 Å². The molecule has 0 bridgehead atoms. The maximum Gasteiger partial charge on any atom is 0.138 e. The van der Waals surface area contributed by atoms with E-state index in [9.17, 15) is 8.78 Å². The third-order valence-electron chi connectivity index (χ3n) is 4.99. The van der Waals surface area contributed by atoms with Crippen LogP contribution < -0.4 is 9.47 Å². The molecule has 0 aliphatic heterocycles. The summed E-state index contributed by atoms with van der Waals surface area (Å²) in [4.78, 5) is 4.30. The Hall–Kier alpha value is -2.74. The number of nitrogens with zero attached hydrogens (tertiary/aromatic N) is 1. The van der Waals surface area contributed by atoms with Crippen LogP contribution in [0.15, 0.2) is 48.0 Å². The topological polar surface area (TPSA) is 40.6 Å². The van der Waals surface area contributed by atoms with Gasteiger partial charge in [-0.2, -0.15) is 0 Å². The Balaban J connectivity index is 1.48. The second-order valence-corrected chi connectivity index (χ2v) is 8.71. The van der Waals surface area contributed by atoms with Crippen molar-refractivity contribution < 1.29 is 23.0 Å². The van der Waals surface area contributed by atoms with Gasteiger partial charge in [0.2, 0.25) is 0 Å². The van der Waals surface area contributed by atoms with Crippen molar-refractivity contribution in [3.05, 3.63) is 87.0 Å². The number of aromatic nitrogens is 1. The summed E-state index contributed by atoms with van der Waals surface area (Å²) in [5, 5.41) is 3.31. The maximum absolute atomic E-state index is 13.9. The quantitative estimate of drug-likeness (QED) is 0.232. The highest BCUT2D eigenvalue weighted by atomic mass is 35.5. The van der Waals surface area contributed by atoms with E-state index in [-0.39, 0.29) is 12.2 Å². The van der Waals surface area contributed by atoms with Crippen LogP contribution in [-0.2, 0) is 24.6 Å². The minimum Gasteiger partial charge on any atom is -0.489 e. The van der Waals surface area contributed by atoms with E-state index in [1.54, 1.807) is 23.6 Å². The zero-order valence-corrected chi connectivity index (χ0v) is 19.7. The number of fused-ring (bicyclic) bond motifs is 1. The average Bonchev–Trinajstić information content (AvgIpc) is 3.21. The Labute approximate surface area is 199 Å². The summed E-state index contributed by atoms with van der Waals surface area (Å²) >= 11 is 7.97. The van der Waals surface area contributed by atoms with Crippen molar-refractivity contribution in [2.45, 2.75) is 33.7 Å². The first-order valence-corrected chi connectivity index (χ1v) is 11.6. The molecule has 0 spiro atoms. The molecular formula is C25H22ClF2NO3S. The summed E-state index contributed by atoms with van der Waals surface area (Å²) in [7, 11) is 0. The highest BCUT2D eigenvalue weighted by molar-refractivity contribution is 7.17. The molecule has 0 aliphatic carbocycles. The first-order valence-electron chi connectivity index (χ1n) is 10.4. The van der Waals surface area contributed by atoms with Gasteiger partial charge in [-0.25, -0.2) is 13.8 Å². The first kappa shape index (κ1) is 23.4. The minimum atomic E-state index is -0.641. The van der Waals surface area contributed by atoms with E-state index >= 15 is 0 Å². The highest BCUT2D eigenvalue weighted by Gasteiger charge is 2.14.